The van der Waals surface area contributed by atoms with Crippen molar-refractivity contribution < 1.29 is 23.6 Å². The molecule has 0 spiro atoms. The Morgan fingerprint density at radius 2 is 1.75 bits per heavy atom. The van der Waals surface area contributed by atoms with Gasteiger partial charge < -0.3 is 13.8 Å². The Hall–Kier alpha value is -4.21. The lowest BCUT2D eigenvalue weighted by Gasteiger charge is -2.17. The van der Waals surface area contributed by atoms with Crippen molar-refractivity contribution >= 4 is 24.0 Å². The van der Waals surface area contributed by atoms with Crippen LogP contribution >= 0.6 is 0 Å². The van der Waals surface area contributed by atoms with Crippen LogP contribution < -0.4 is 0 Å². The van der Waals surface area contributed by atoms with Crippen molar-refractivity contribution in [3.05, 3.63) is 75.8 Å². The van der Waals surface area contributed by atoms with Gasteiger partial charge in [0.25, 0.3) is 5.91 Å². The van der Waals surface area contributed by atoms with Crippen molar-refractivity contribution in [1.82, 2.24) is 24.5 Å². The van der Waals surface area contributed by atoms with E-state index in [1.165, 1.54) is 16.9 Å². The van der Waals surface area contributed by atoms with E-state index in [0.29, 0.717) is 35.8 Å². The van der Waals surface area contributed by atoms with Gasteiger partial charge in [0, 0.05) is 25.1 Å². The van der Waals surface area contributed by atoms with Crippen molar-refractivity contribution in [2.24, 2.45) is 0 Å². The van der Waals surface area contributed by atoms with Gasteiger partial charge in [-0.2, -0.15) is 0 Å². The maximum atomic E-state index is 13.6. The molecular formula is C30H37N5O5. The number of aromatic nitrogens is 3. The molecule has 3 aromatic rings. The van der Waals surface area contributed by atoms with Gasteiger partial charge in [0.1, 0.15) is 17.3 Å². The van der Waals surface area contributed by atoms with Crippen molar-refractivity contribution in [1.29, 1.82) is 0 Å². The smallest absolute Gasteiger partial charge is 0.337 e. The maximum absolute atomic E-state index is 13.6. The fourth-order valence-electron chi connectivity index (χ4n) is 4.73. The first kappa shape index (κ1) is 28.8. The van der Waals surface area contributed by atoms with Crippen LogP contribution in [0.2, 0.25) is 0 Å². The molecule has 10 nitrogen and oxygen atoms in total. The lowest BCUT2D eigenvalue weighted by atomic mass is 10.1. The van der Waals surface area contributed by atoms with Gasteiger partial charge in [-0.15, -0.1) is 0 Å². The summed E-state index contributed by atoms with van der Waals surface area (Å²) in [4.78, 5) is 46.5. The number of benzene rings is 1. The molecule has 1 saturated heterocycles. The van der Waals surface area contributed by atoms with Gasteiger partial charge in [0.15, 0.2) is 0 Å². The zero-order chi connectivity index (χ0) is 28.8. The number of esters is 1. The number of hydrogen-bond acceptors (Lipinski definition) is 7. The van der Waals surface area contributed by atoms with Crippen LogP contribution in [0.15, 0.2) is 40.7 Å². The van der Waals surface area contributed by atoms with E-state index in [2.05, 4.69) is 21.6 Å². The van der Waals surface area contributed by atoms with Crippen LogP contribution in [0.1, 0.15) is 84.0 Å². The minimum absolute atomic E-state index is 0.187. The minimum atomic E-state index is -0.390. The number of carbonyl (C=O) groups is 3. The third-order valence-corrected chi connectivity index (χ3v) is 7.17. The largest absolute Gasteiger partial charge is 0.465 e. The van der Waals surface area contributed by atoms with Crippen LogP contribution in [0, 0.1) is 13.8 Å². The third-order valence-electron chi connectivity index (χ3n) is 7.17. The summed E-state index contributed by atoms with van der Waals surface area (Å²) >= 11 is 0. The summed E-state index contributed by atoms with van der Waals surface area (Å²) in [6, 6.07) is 6.89. The number of imidazole rings is 1. The molecule has 4 rings (SSSR count). The Morgan fingerprint density at radius 3 is 2.38 bits per heavy atom. The highest BCUT2D eigenvalue weighted by molar-refractivity contribution is 6.13. The van der Waals surface area contributed by atoms with Crippen LogP contribution in [-0.2, 0) is 29.0 Å². The minimum Gasteiger partial charge on any atom is -0.465 e. The zero-order valence-electron chi connectivity index (χ0n) is 23.9. The molecule has 0 radical (unpaired) electrons. The van der Waals surface area contributed by atoms with Gasteiger partial charge in [0.05, 0.1) is 36.8 Å². The number of aryl methyl sites for hydroxylation is 3. The Balaban J connectivity index is 1.73. The highest BCUT2D eigenvalue weighted by atomic mass is 16.5. The topological polar surface area (TPSA) is 111 Å². The summed E-state index contributed by atoms with van der Waals surface area (Å²) in [5.41, 5.74) is 3.93. The molecule has 1 fully saturated rings. The van der Waals surface area contributed by atoms with Gasteiger partial charge in [-0.05, 0) is 50.5 Å². The Morgan fingerprint density at radius 1 is 1.02 bits per heavy atom. The zero-order valence-corrected chi connectivity index (χ0v) is 23.9. The molecule has 3 heterocycles. The van der Waals surface area contributed by atoms with Gasteiger partial charge in [-0.1, -0.05) is 44.0 Å². The van der Waals surface area contributed by atoms with Crippen molar-refractivity contribution in [2.45, 2.75) is 72.9 Å². The van der Waals surface area contributed by atoms with E-state index < -0.39 is 5.97 Å². The standard InChI is InChI=1S/C30H37N5O5/c1-6-8-10-27-31-17-24(34(27)18-22-11-13-23(14-12-22)29(37)39-5)16-26-28(36)33(15-9-7-2)30(38)35(26)19-25-20(3)32-40-21(25)4/h11-14,16-17H,6-10,15,18-19H2,1-5H3/b26-16+. The number of urea groups is 1. The number of unbranched alkanes of at least 4 members (excludes halogenated alkanes) is 2. The Bertz CT molecular complexity index is 1380. The van der Waals surface area contributed by atoms with Crippen LogP contribution in [0.5, 0.6) is 0 Å². The van der Waals surface area contributed by atoms with E-state index >= 15 is 0 Å². The van der Waals surface area contributed by atoms with E-state index in [1.54, 1.807) is 31.3 Å². The molecule has 0 aliphatic carbocycles. The molecule has 1 aromatic carbocycles. The van der Waals surface area contributed by atoms with E-state index in [4.69, 9.17) is 9.26 Å². The van der Waals surface area contributed by atoms with Crippen molar-refractivity contribution in [3.8, 4) is 0 Å². The van der Waals surface area contributed by atoms with Crippen molar-refractivity contribution in [3.63, 3.8) is 0 Å². The summed E-state index contributed by atoms with van der Waals surface area (Å²) in [7, 11) is 1.36. The summed E-state index contributed by atoms with van der Waals surface area (Å²) in [6.45, 7) is 8.82. The number of amides is 3. The first-order valence-corrected chi connectivity index (χ1v) is 13.8. The fraction of sp³-hybridized carbons (Fsp3) is 0.433. The van der Waals surface area contributed by atoms with Crippen LogP contribution in [0.4, 0.5) is 4.79 Å². The number of imide groups is 1. The SMILES string of the molecule is CCCCc1ncc(/C=C2\C(=O)N(CCCC)C(=O)N2Cc2c(C)noc2C)n1Cc1ccc(C(=O)OC)cc1. The highest BCUT2D eigenvalue weighted by Crippen LogP contribution is 2.28. The van der Waals surface area contributed by atoms with Crippen LogP contribution in [-0.4, -0.2) is 56.1 Å². The fourth-order valence-corrected chi connectivity index (χ4v) is 4.73. The normalized spacial score (nSPS) is 14.6. The Labute approximate surface area is 234 Å². The number of ether oxygens (including phenoxy) is 1. The average Bonchev–Trinajstić information content (AvgIpc) is 3.56. The molecular weight excluding hydrogens is 510 g/mol. The molecule has 0 atom stereocenters. The molecule has 3 amide bonds. The second kappa shape index (κ2) is 12.8. The summed E-state index contributed by atoms with van der Waals surface area (Å²) in [5.74, 6) is 0.795. The second-order valence-electron chi connectivity index (χ2n) is 9.99. The van der Waals surface area contributed by atoms with Gasteiger partial charge in [-0.3, -0.25) is 14.6 Å². The summed E-state index contributed by atoms with van der Waals surface area (Å²) in [6.07, 6.45) is 7.86. The van der Waals surface area contributed by atoms with Gasteiger partial charge in [0.2, 0.25) is 0 Å². The first-order chi connectivity index (χ1) is 19.3. The average molecular weight is 548 g/mol. The van der Waals surface area contributed by atoms with Crippen molar-refractivity contribution in [2.75, 3.05) is 13.7 Å². The number of hydrogen-bond donors (Lipinski definition) is 0. The molecule has 212 valence electrons. The predicted octanol–water partition coefficient (Wildman–Crippen LogP) is 5.27. The number of nitrogens with zero attached hydrogens (tertiary/aromatic N) is 5. The van der Waals surface area contributed by atoms with E-state index in [-0.39, 0.29) is 18.5 Å². The molecule has 1 aliphatic heterocycles. The lowest BCUT2D eigenvalue weighted by molar-refractivity contribution is -0.123. The summed E-state index contributed by atoms with van der Waals surface area (Å²) in [5, 5.41) is 4.02. The molecule has 1 aliphatic rings. The van der Waals surface area contributed by atoms with Crippen LogP contribution in [0.25, 0.3) is 6.08 Å². The molecule has 0 unspecified atom stereocenters. The summed E-state index contributed by atoms with van der Waals surface area (Å²) < 4.78 is 12.2. The third kappa shape index (κ3) is 6.00. The van der Waals surface area contributed by atoms with E-state index in [1.807, 2.05) is 26.0 Å². The second-order valence-corrected chi connectivity index (χ2v) is 9.99. The highest BCUT2D eigenvalue weighted by Gasteiger charge is 2.41. The molecule has 10 heteroatoms. The van der Waals surface area contributed by atoms with Crippen LogP contribution in [0.3, 0.4) is 0 Å². The Kier molecular flexibility index (Phi) is 9.19. The quantitative estimate of drug-likeness (QED) is 0.173. The monoisotopic (exact) mass is 547 g/mol. The van der Waals surface area contributed by atoms with E-state index in [0.717, 1.165) is 54.7 Å². The molecule has 40 heavy (non-hydrogen) atoms. The number of carbonyl (C=O) groups excluding carboxylic acids is 3. The molecule has 0 saturated carbocycles. The molecule has 2 aromatic heterocycles. The van der Waals surface area contributed by atoms with Gasteiger partial charge >= 0.3 is 12.0 Å². The predicted molar refractivity (Wildman–Crippen MR) is 149 cm³/mol. The molecule has 0 N–H and O–H groups in total. The lowest BCUT2D eigenvalue weighted by Crippen LogP contribution is -2.33. The van der Waals surface area contributed by atoms with E-state index in [9.17, 15) is 14.4 Å². The number of methoxy groups -OCH3 is 1. The first-order valence-electron chi connectivity index (χ1n) is 13.8. The molecule has 0 bridgehead atoms. The van der Waals surface area contributed by atoms with Gasteiger partial charge in [-0.25, -0.2) is 14.6 Å². The maximum Gasteiger partial charge on any atom is 0.337 e. The number of rotatable bonds is 12.